The predicted octanol–water partition coefficient (Wildman–Crippen LogP) is 29.7. The van der Waals surface area contributed by atoms with E-state index in [1.807, 2.05) is 41.3 Å². The zero-order valence-electron chi connectivity index (χ0n) is 79.9. The molecule has 5 spiro atoms. The molecule has 12 aromatic carbocycles. The van der Waals surface area contributed by atoms with E-state index in [1.165, 1.54) is 138 Å². The standard InChI is InChI=1S/C21H21Br2NO2.C19H17Br2NO2.C19H17Br2NO.C19H16Br2O4.C18H17Br2NO2S.C18H14Br2O2/c1-20(2,26)19(25)24-9-7-21(8-10-24)17-11-13(22)3-5-15(17)16-6-4-14(23)12-18(16)21;1-24-18(23)22-8-6-19(7-9-22)16-10-12(20)2-4-14(16)15-5-3-13(21)11-17(15)19;1-12(23)22-8-6-19(7-9-22)17-10-13(20)2-4-15(17)16-5-3-14(21)11-18(16)19;1-11(22)24-9-19(10-25-12(2)23)17-7-13(20)3-5-15(17)16-6-4-14(21)8-18(16)19;1-24(22,23)21-8-6-18(7-9-21)16-10-12(19)2-4-14(16)15-5-3-13(20)11-17(15)18;19-11-1-3-13-14-4-2-12(20)10-16(14)18(15(13)9-11)6-5-17(21)22-8-7-18/h3-6,11-12,26H,7-10H2,1-2H3;2-5,10-11H,6-9H2,1H3;2-5,10-11H,6-9H2,1H3;3-8H,9-10H2,1-2H3;2-5,10-11H,6-9H2,1H3;1-4,9-10H,5-8H2. The fourth-order valence-corrected chi connectivity index (χ4v) is 29.2. The number of likely N-dealkylation sites (tertiary alicyclic amines) is 3. The van der Waals surface area contributed by atoms with Gasteiger partial charge in [0.15, 0.2) is 0 Å². The molecule has 12 aromatic rings. The van der Waals surface area contributed by atoms with E-state index in [2.05, 4.69) is 373 Å². The SMILES string of the molecule is CC(=O)N1CCC2(CC1)c1cc(Br)ccc1-c1ccc(Br)cc12.CC(=O)OCC1(COC(C)=O)c2cc(Br)ccc2-c2ccc(Br)cc21.CC(C)(O)C(=O)N1CCC2(CC1)c1cc(Br)ccc1-c1ccc(Br)cc12.COC(=O)N1CCC2(CC1)c1cc(Br)ccc1-c1ccc(Br)cc12.CS(=O)(=O)N1CCC2(CC1)c1cc(Br)ccc1-c1ccc(Br)cc12.O=C1CCC2(CCO1)c1cc(Br)ccc1-c1ccc(Br)cc12. The number of rotatable bonds is 6. The molecular weight excluding hydrogens is 2620 g/mol. The summed E-state index contributed by atoms with van der Waals surface area (Å²) in [5.41, 5.74) is 28.2. The summed E-state index contributed by atoms with van der Waals surface area (Å²) in [6.45, 7) is 13.7. The van der Waals surface area contributed by atoms with Gasteiger partial charge in [-0.3, -0.25) is 24.0 Å². The molecule has 17 nitrogen and oxygen atoms in total. The molecule has 746 valence electrons. The minimum absolute atomic E-state index is 0.0251. The summed E-state index contributed by atoms with van der Waals surface area (Å²) in [5, 5.41) is 10.1. The number of piperidine rings is 4. The van der Waals surface area contributed by atoms with Crippen LogP contribution in [0, 0.1) is 0 Å². The van der Waals surface area contributed by atoms with Gasteiger partial charge in [-0.25, -0.2) is 17.5 Å². The number of ether oxygens (including phenoxy) is 4. The zero-order chi connectivity index (χ0) is 102. The van der Waals surface area contributed by atoms with Crippen molar-refractivity contribution in [3.63, 3.8) is 0 Å². The van der Waals surface area contributed by atoms with E-state index in [-0.39, 0.29) is 76.1 Å². The van der Waals surface area contributed by atoms with E-state index in [1.54, 1.807) is 34.9 Å². The Balaban J connectivity index is 0.000000114. The Morgan fingerprint density at radius 3 is 0.771 bits per heavy atom. The van der Waals surface area contributed by atoms with Gasteiger partial charge in [-0.2, -0.15) is 0 Å². The number of aliphatic hydroxyl groups is 1. The lowest BCUT2D eigenvalue weighted by atomic mass is 9.71. The molecule has 5 aliphatic heterocycles. The summed E-state index contributed by atoms with van der Waals surface area (Å²) in [7, 11) is -1.68. The number of amides is 3. The van der Waals surface area contributed by atoms with Crippen LogP contribution in [0.1, 0.15) is 172 Å². The molecule has 5 fully saturated rings. The smallest absolute Gasteiger partial charge is 0.409 e. The van der Waals surface area contributed by atoms with E-state index in [0.29, 0.717) is 52.3 Å². The quantitative estimate of drug-likeness (QED) is 0.122. The molecule has 3 amide bonds. The van der Waals surface area contributed by atoms with Gasteiger partial charge in [-0.1, -0.05) is 264 Å². The summed E-state index contributed by atoms with van der Waals surface area (Å²) in [6, 6.07) is 77.2. The third kappa shape index (κ3) is 20.4. The maximum absolute atomic E-state index is 12.5. The van der Waals surface area contributed by atoms with Crippen LogP contribution in [0.3, 0.4) is 0 Å². The minimum atomic E-state index is -3.13. The lowest BCUT2D eigenvalue weighted by Crippen LogP contribution is -2.51. The molecule has 0 atom stereocenters. The summed E-state index contributed by atoms with van der Waals surface area (Å²) in [4.78, 5) is 76.4. The number of cyclic esters (lactones) is 1. The van der Waals surface area contributed by atoms with Crippen molar-refractivity contribution in [2.75, 3.05) is 85.5 Å². The summed E-state index contributed by atoms with van der Waals surface area (Å²) < 4.78 is 59.1. The van der Waals surface area contributed by atoms with Crippen molar-refractivity contribution in [2.45, 2.75) is 143 Å². The number of esters is 3. The number of hydrogen-bond acceptors (Lipinski definition) is 13. The fraction of sp³-hybridized carbons (Fsp3) is 0.316. The van der Waals surface area contributed by atoms with Crippen LogP contribution >= 0.6 is 191 Å². The van der Waals surface area contributed by atoms with Crippen LogP contribution in [-0.2, 0) is 85.4 Å². The molecule has 23 rings (SSSR count). The van der Waals surface area contributed by atoms with Crippen molar-refractivity contribution in [3.05, 3.63) is 339 Å². The Morgan fingerprint density at radius 2 is 0.549 bits per heavy atom. The minimum Gasteiger partial charge on any atom is -0.466 e. The number of sulfonamides is 1. The average Bonchev–Trinajstić information content (AvgIpc) is 1.54. The van der Waals surface area contributed by atoms with E-state index >= 15 is 0 Å². The van der Waals surface area contributed by atoms with E-state index in [4.69, 9.17) is 18.9 Å². The van der Waals surface area contributed by atoms with Crippen LogP contribution in [0.5, 0.6) is 0 Å². The van der Waals surface area contributed by atoms with Crippen molar-refractivity contribution in [3.8, 4) is 66.8 Å². The normalized spacial score (nSPS) is 17.5. The van der Waals surface area contributed by atoms with E-state index in [0.717, 1.165) is 153 Å². The first-order valence-corrected chi connectivity index (χ1v) is 59.0. The number of methoxy groups -OCH3 is 1. The highest BCUT2D eigenvalue weighted by Gasteiger charge is 2.54. The van der Waals surface area contributed by atoms with Crippen molar-refractivity contribution >= 4 is 237 Å². The second-order valence-corrected chi connectivity index (χ2v) is 52.2. The zero-order valence-corrected chi connectivity index (χ0v) is 99.8. The Morgan fingerprint density at radius 1 is 0.333 bits per heavy atom. The predicted molar refractivity (Wildman–Crippen MR) is 609 cm³/mol. The van der Waals surface area contributed by atoms with Gasteiger partial charge in [-0.05, 0) is 357 Å². The van der Waals surface area contributed by atoms with Gasteiger partial charge in [0, 0.05) is 160 Å². The highest BCUT2D eigenvalue weighted by molar-refractivity contribution is 9.12. The lowest BCUT2D eigenvalue weighted by molar-refractivity contribution is -0.149. The monoisotopic (exact) mass is 2710 g/mol. The maximum Gasteiger partial charge on any atom is 0.409 e. The van der Waals surface area contributed by atoms with Crippen LogP contribution in [0.15, 0.2) is 272 Å². The van der Waals surface area contributed by atoms with Crippen molar-refractivity contribution in [1.82, 2.24) is 19.0 Å². The number of halogens is 12. The number of carbonyl (C=O) groups excluding carboxylic acids is 6. The molecule has 0 unspecified atom stereocenters. The van der Waals surface area contributed by atoms with E-state index < -0.39 is 21.0 Å². The van der Waals surface area contributed by atoms with Gasteiger partial charge in [0.2, 0.25) is 15.9 Å². The van der Waals surface area contributed by atoms with Crippen molar-refractivity contribution in [2.24, 2.45) is 0 Å². The summed E-state index contributed by atoms with van der Waals surface area (Å²) in [5.74, 6) is -0.836. The van der Waals surface area contributed by atoms with Gasteiger partial charge in [0.05, 0.1) is 25.4 Å². The highest BCUT2D eigenvalue weighted by Crippen LogP contribution is 2.62. The van der Waals surface area contributed by atoms with Crippen LogP contribution in [0.4, 0.5) is 4.79 Å². The fourth-order valence-electron chi connectivity index (χ4n) is 24.1. The Hall–Kier alpha value is -7.11. The molecule has 6 aliphatic carbocycles. The van der Waals surface area contributed by atoms with E-state index in [9.17, 15) is 42.3 Å². The number of carbonyl (C=O) groups is 6. The van der Waals surface area contributed by atoms with Gasteiger partial charge >= 0.3 is 24.0 Å². The topological polar surface area (TPSA) is 207 Å². The lowest BCUT2D eigenvalue weighted by Gasteiger charge is -2.42. The van der Waals surface area contributed by atoms with Crippen LogP contribution in [-0.4, -0.2) is 159 Å². The van der Waals surface area contributed by atoms with Crippen molar-refractivity contribution in [1.29, 1.82) is 0 Å². The largest absolute Gasteiger partial charge is 0.466 e. The first-order chi connectivity index (χ1) is 68.5. The Bertz CT molecular complexity index is 6980. The van der Waals surface area contributed by atoms with Crippen LogP contribution in [0.2, 0.25) is 0 Å². The molecule has 0 bridgehead atoms. The molecular formula is C114H102Br12N4O13S. The Labute approximate surface area is 941 Å². The van der Waals surface area contributed by atoms with Gasteiger partial charge in [0.1, 0.15) is 18.8 Å². The molecule has 11 aliphatic rings. The molecule has 0 saturated carbocycles. The molecule has 30 heteroatoms. The number of benzene rings is 12. The average molecular weight is 2730 g/mol. The number of nitrogens with zero attached hydrogens (tertiary/aromatic N) is 4. The summed E-state index contributed by atoms with van der Waals surface area (Å²) in [6.07, 6.45) is 10.3. The van der Waals surface area contributed by atoms with Gasteiger partial charge in [0.25, 0.3) is 5.91 Å². The molecule has 5 heterocycles. The van der Waals surface area contributed by atoms with Crippen molar-refractivity contribution < 1.29 is 61.2 Å². The van der Waals surface area contributed by atoms with Crippen LogP contribution < -0.4 is 0 Å². The maximum atomic E-state index is 12.5. The first kappa shape index (κ1) is 107. The Kier molecular flexibility index (Phi) is 31.6. The van der Waals surface area contributed by atoms with Crippen LogP contribution in [0.25, 0.3) is 66.8 Å². The molecule has 144 heavy (non-hydrogen) atoms. The molecule has 0 aromatic heterocycles. The molecule has 5 saturated heterocycles. The second-order valence-electron chi connectivity index (χ2n) is 39.3. The molecule has 0 radical (unpaired) electrons. The highest BCUT2D eigenvalue weighted by atomic mass is 79.9. The second kappa shape index (κ2) is 42.6. The first-order valence-electron chi connectivity index (χ1n) is 47.6. The third-order valence-electron chi connectivity index (χ3n) is 30.9. The summed E-state index contributed by atoms with van der Waals surface area (Å²) >= 11 is 43.2. The van der Waals surface area contributed by atoms with Gasteiger partial charge in [-0.15, -0.1) is 0 Å². The third-order valence-corrected chi connectivity index (χ3v) is 38.1. The number of fused-ring (bicyclic) bond motifs is 28. The number of hydrogen-bond donors (Lipinski definition) is 1. The molecule has 1 N–H and O–H groups in total. The van der Waals surface area contributed by atoms with Gasteiger partial charge < -0.3 is 38.8 Å².